The van der Waals surface area contributed by atoms with E-state index in [2.05, 4.69) is 4.98 Å². The van der Waals surface area contributed by atoms with Crippen LogP contribution < -0.4 is 11.2 Å². The first-order chi connectivity index (χ1) is 9.59. The van der Waals surface area contributed by atoms with E-state index in [4.69, 9.17) is 9.79 Å². The Kier molecular flexibility index (Phi) is 6.31. The molecule has 1 heterocycles. The lowest BCUT2D eigenvalue weighted by Crippen LogP contribution is -2.28. The monoisotopic (exact) mass is 340 g/mol. The van der Waals surface area contributed by atoms with E-state index < -0.39 is 32.1 Å². The molecule has 0 saturated heterocycles. The molecule has 0 fully saturated rings. The third-order valence-electron chi connectivity index (χ3n) is 2.71. The summed E-state index contributed by atoms with van der Waals surface area (Å²) < 4.78 is 23.5. The van der Waals surface area contributed by atoms with Crippen LogP contribution in [-0.2, 0) is 15.7 Å². The van der Waals surface area contributed by atoms with E-state index in [1.54, 1.807) is 0 Å². The summed E-state index contributed by atoms with van der Waals surface area (Å²) in [5.41, 5.74) is -0.994. The Morgan fingerprint density at radius 3 is 2.33 bits per heavy atom. The van der Waals surface area contributed by atoms with Crippen molar-refractivity contribution in [3.8, 4) is 0 Å². The Bertz CT molecular complexity index is 674. The van der Waals surface area contributed by atoms with Crippen molar-refractivity contribution in [2.45, 2.75) is 25.8 Å². The fraction of sp³-hybridized carbons (Fsp3) is 0.600. The number of unbranched alkanes of at least 4 members (excludes halogenated alkanes) is 2. The van der Waals surface area contributed by atoms with Gasteiger partial charge in [0.05, 0.1) is 0 Å². The van der Waals surface area contributed by atoms with Gasteiger partial charge in [-0.05, 0) is 12.8 Å². The highest BCUT2D eigenvalue weighted by Crippen LogP contribution is 2.54. The fourth-order valence-electron chi connectivity index (χ4n) is 1.80. The molecule has 1 aromatic rings. The van der Waals surface area contributed by atoms with Gasteiger partial charge in [-0.15, -0.1) is 0 Å². The lowest BCUT2D eigenvalue weighted by atomic mass is 10.2. The molecule has 1 atom stereocenters. The molecule has 4 N–H and O–H groups in total. The Labute approximate surface area is 120 Å². The van der Waals surface area contributed by atoms with Crippen LogP contribution in [0.25, 0.3) is 0 Å². The van der Waals surface area contributed by atoms with Crippen LogP contribution in [0, 0.1) is 0 Å². The van der Waals surface area contributed by atoms with E-state index in [9.17, 15) is 23.6 Å². The zero-order chi connectivity index (χ0) is 16.1. The van der Waals surface area contributed by atoms with Gasteiger partial charge in [0.15, 0.2) is 0 Å². The molecular formula is C10H18N2O7P2. The molecule has 21 heavy (non-hydrogen) atoms. The van der Waals surface area contributed by atoms with Crippen LogP contribution in [0.3, 0.4) is 0 Å². The molecule has 1 unspecified atom stereocenters. The van der Waals surface area contributed by atoms with Crippen molar-refractivity contribution in [1.82, 2.24) is 9.55 Å². The highest BCUT2D eigenvalue weighted by molar-refractivity contribution is 7.72. The number of rotatable bonds is 8. The van der Waals surface area contributed by atoms with Crippen LogP contribution in [0.4, 0.5) is 0 Å². The summed E-state index contributed by atoms with van der Waals surface area (Å²) >= 11 is 0. The molecule has 0 spiro atoms. The quantitative estimate of drug-likeness (QED) is 0.387. The maximum absolute atomic E-state index is 11.5. The minimum Gasteiger partial charge on any atom is -0.344 e. The standard InChI is InChI=1S/C10H18N2O7P2/c13-9-4-6-12(10(14)11-9)5-2-1-3-7-20(15,16)8-21(17,18)19/h4,6H,1-3,5,7-8H2,(H,15,16)(H,11,13,14)(H2,17,18,19). The number of nitrogens with zero attached hydrogens (tertiary/aromatic N) is 1. The maximum Gasteiger partial charge on any atom is 0.335 e. The first-order valence-corrected chi connectivity index (χ1v) is 10.1. The molecule has 0 aromatic carbocycles. The largest absolute Gasteiger partial charge is 0.344 e. The Morgan fingerprint density at radius 2 is 1.76 bits per heavy atom. The van der Waals surface area contributed by atoms with Gasteiger partial charge in [-0.25, -0.2) is 4.79 Å². The molecule has 0 aliphatic heterocycles. The lowest BCUT2D eigenvalue weighted by molar-refractivity contribution is 0.375. The van der Waals surface area contributed by atoms with Crippen molar-refractivity contribution in [1.29, 1.82) is 0 Å². The van der Waals surface area contributed by atoms with Gasteiger partial charge in [0, 0.05) is 25.0 Å². The van der Waals surface area contributed by atoms with Gasteiger partial charge >= 0.3 is 13.3 Å². The second kappa shape index (κ2) is 7.33. The Morgan fingerprint density at radius 1 is 1.10 bits per heavy atom. The van der Waals surface area contributed by atoms with E-state index in [1.807, 2.05) is 0 Å². The zero-order valence-corrected chi connectivity index (χ0v) is 13.0. The fourth-order valence-corrected chi connectivity index (χ4v) is 5.38. The first-order valence-electron chi connectivity index (χ1n) is 6.24. The highest BCUT2D eigenvalue weighted by atomic mass is 31.2. The van der Waals surface area contributed by atoms with E-state index in [-0.39, 0.29) is 6.16 Å². The lowest BCUT2D eigenvalue weighted by Gasteiger charge is -2.12. The van der Waals surface area contributed by atoms with Crippen LogP contribution in [0.1, 0.15) is 19.3 Å². The average Bonchev–Trinajstić information content (AvgIpc) is 2.27. The molecule has 0 amide bonds. The summed E-state index contributed by atoms with van der Waals surface area (Å²) in [5.74, 6) is -1.00. The number of hydrogen-bond donors (Lipinski definition) is 4. The van der Waals surface area contributed by atoms with Crippen LogP contribution in [-0.4, -0.2) is 36.3 Å². The number of aromatic nitrogens is 2. The molecule has 0 bridgehead atoms. The number of H-pyrrole nitrogens is 1. The second-order valence-electron chi connectivity index (χ2n) is 4.74. The predicted octanol–water partition coefficient (Wildman–Crippen LogP) is 0.112. The SMILES string of the molecule is O=c1ccn(CCCCCP(=O)(O)CP(=O)(O)O)c(=O)[nH]1. The zero-order valence-electron chi connectivity index (χ0n) is 11.2. The Hall–Kier alpha value is -0.980. The molecule has 1 rings (SSSR count). The van der Waals surface area contributed by atoms with Crippen molar-refractivity contribution < 1.29 is 23.8 Å². The third kappa shape index (κ3) is 7.55. The first kappa shape index (κ1) is 18.1. The molecule has 0 saturated carbocycles. The summed E-state index contributed by atoms with van der Waals surface area (Å²) in [5, 5.41) is 0. The van der Waals surface area contributed by atoms with Crippen molar-refractivity contribution in [3.05, 3.63) is 33.1 Å². The Balaban J connectivity index is 2.35. The number of aryl methyl sites for hydroxylation is 1. The van der Waals surface area contributed by atoms with Crippen LogP contribution >= 0.6 is 15.0 Å². The summed E-state index contributed by atoms with van der Waals surface area (Å²) in [6.07, 6.45) is 2.59. The van der Waals surface area contributed by atoms with Gasteiger partial charge in [0.1, 0.15) is 5.90 Å². The van der Waals surface area contributed by atoms with E-state index in [1.165, 1.54) is 16.8 Å². The van der Waals surface area contributed by atoms with E-state index in [0.717, 1.165) is 0 Å². The number of aromatic amines is 1. The minimum absolute atomic E-state index is 0.168. The van der Waals surface area contributed by atoms with Gasteiger partial charge in [0.2, 0.25) is 7.37 Å². The molecule has 11 heteroatoms. The van der Waals surface area contributed by atoms with Crippen molar-refractivity contribution >= 4 is 15.0 Å². The van der Waals surface area contributed by atoms with Gasteiger partial charge in [0.25, 0.3) is 5.56 Å². The van der Waals surface area contributed by atoms with Crippen molar-refractivity contribution in [2.75, 3.05) is 12.1 Å². The molecule has 0 aliphatic carbocycles. The molecular weight excluding hydrogens is 322 g/mol. The summed E-state index contributed by atoms with van der Waals surface area (Å²) in [4.78, 5) is 51.1. The minimum atomic E-state index is -4.49. The van der Waals surface area contributed by atoms with Gasteiger partial charge in [-0.3, -0.25) is 18.9 Å². The molecule has 1 aromatic heterocycles. The van der Waals surface area contributed by atoms with Gasteiger partial charge < -0.3 is 19.2 Å². The maximum atomic E-state index is 11.5. The topological polar surface area (TPSA) is 150 Å². The van der Waals surface area contributed by atoms with Crippen LogP contribution in [0.5, 0.6) is 0 Å². The van der Waals surface area contributed by atoms with E-state index in [0.29, 0.717) is 25.8 Å². The summed E-state index contributed by atoms with van der Waals surface area (Å²) in [6.45, 7) is 0.351. The summed E-state index contributed by atoms with van der Waals surface area (Å²) in [7, 11) is -8.32. The van der Waals surface area contributed by atoms with Crippen LogP contribution in [0.2, 0.25) is 0 Å². The molecule has 9 nitrogen and oxygen atoms in total. The van der Waals surface area contributed by atoms with E-state index >= 15 is 0 Å². The smallest absolute Gasteiger partial charge is 0.335 e. The normalized spacial score (nSPS) is 14.8. The van der Waals surface area contributed by atoms with Crippen LogP contribution in [0.15, 0.2) is 21.9 Å². The summed E-state index contributed by atoms with van der Waals surface area (Å²) in [6, 6.07) is 1.23. The average molecular weight is 340 g/mol. The molecule has 0 radical (unpaired) electrons. The van der Waals surface area contributed by atoms with Crippen molar-refractivity contribution in [2.24, 2.45) is 0 Å². The van der Waals surface area contributed by atoms with Crippen molar-refractivity contribution in [3.63, 3.8) is 0 Å². The molecule has 120 valence electrons. The predicted molar refractivity (Wildman–Crippen MR) is 76.8 cm³/mol. The molecule has 0 aliphatic rings. The number of nitrogens with one attached hydrogen (secondary N) is 1. The van der Waals surface area contributed by atoms with Gasteiger partial charge in [-0.2, -0.15) is 0 Å². The highest BCUT2D eigenvalue weighted by Gasteiger charge is 2.28. The number of hydrogen-bond acceptors (Lipinski definition) is 4. The second-order valence-corrected chi connectivity index (χ2v) is 9.34. The third-order valence-corrected chi connectivity index (χ3v) is 6.97. The van der Waals surface area contributed by atoms with Gasteiger partial charge in [-0.1, -0.05) is 6.42 Å².